The molecule has 0 bridgehead atoms. The van der Waals surface area contributed by atoms with Crippen LogP contribution in [0, 0.1) is 5.92 Å². The van der Waals surface area contributed by atoms with Gasteiger partial charge in [0.05, 0.1) is 11.0 Å². The van der Waals surface area contributed by atoms with Crippen molar-refractivity contribution in [3.05, 3.63) is 48.5 Å². The second-order valence-corrected chi connectivity index (χ2v) is 9.60. The van der Waals surface area contributed by atoms with Gasteiger partial charge in [-0.3, -0.25) is 4.79 Å². The summed E-state index contributed by atoms with van der Waals surface area (Å²) in [5.41, 5.74) is 9.66. The molecule has 3 aromatic rings. The molecule has 5 heteroatoms. The molecule has 168 valence electrons. The van der Waals surface area contributed by atoms with Gasteiger partial charge in [-0.05, 0) is 68.0 Å². The standard InChI is InChI=1S/C27H34N4O/c28-21-17-15-20(16-18-21)26-30-23-13-7-8-14-24(23)31(26)25(19-9-3-1-4-10-19)27(32)29-22-11-5-2-6-12-22/h7-8,13-19,22,25H,1-6,9-12,28H2,(H,29,32). The number of carbonyl (C=O) groups excluding carboxylic acids is 1. The summed E-state index contributed by atoms with van der Waals surface area (Å²) in [6, 6.07) is 16.1. The predicted molar refractivity (Wildman–Crippen MR) is 130 cm³/mol. The van der Waals surface area contributed by atoms with Gasteiger partial charge in [0.1, 0.15) is 11.9 Å². The van der Waals surface area contributed by atoms with E-state index in [2.05, 4.69) is 16.0 Å². The van der Waals surface area contributed by atoms with Crippen LogP contribution in [0.25, 0.3) is 22.4 Å². The van der Waals surface area contributed by atoms with Gasteiger partial charge >= 0.3 is 0 Å². The van der Waals surface area contributed by atoms with Gasteiger partial charge in [0, 0.05) is 17.3 Å². The van der Waals surface area contributed by atoms with Crippen LogP contribution in [-0.4, -0.2) is 21.5 Å². The minimum atomic E-state index is -0.239. The third-order valence-corrected chi connectivity index (χ3v) is 7.36. The van der Waals surface area contributed by atoms with Crippen molar-refractivity contribution in [1.82, 2.24) is 14.9 Å². The first kappa shape index (κ1) is 21.0. The molecular weight excluding hydrogens is 396 g/mol. The van der Waals surface area contributed by atoms with E-state index in [-0.39, 0.29) is 11.9 Å². The zero-order valence-electron chi connectivity index (χ0n) is 18.8. The van der Waals surface area contributed by atoms with Crippen molar-refractivity contribution < 1.29 is 4.79 Å². The van der Waals surface area contributed by atoms with E-state index in [0.29, 0.717) is 12.0 Å². The first-order chi connectivity index (χ1) is 15.7. The lowest BCUT2D eigenvalue weighted by Crippen LogP contribution is -2.43. The summed E-state index contributed by atoms with van der Waals surface area (Å²) in [5, 5.41) is 3.45. The first-order valence-electron chi connectivity index (χ1n) is 12.3. The number of carbonyl (C=O) groups is 1. The summed E-state index contributed by atoms with van der Waals surface area (Å²) in [6.45, 7) is 0. The Morgan fingerprint density at radius 2 is 1.56 bits per heavy atom. The van der Waals surface area contributed by atoms with Crippen molar-refractivity contribution in [2.75, 3.05) is 5.73 Å². The number of hydrogen-bond acceptors (Lipinski definition) is 3. The molecule has 2 aliphatic rings. The lowest BCUT2D eigenvalue weighted by atomic mass is 9.82. The number of imidazole rings is 1. The van der Waals surface area contributed by atoms with Crippen LogP contribution >= 0.6 is 0 Å². The number of fused-ring (bicyclic) bond motifs is 1. The number of amides is 1. The second-order valence-electron chi connectivity index (χ2n) is 9.60. The smallest absolute Gasteiger partial charge is 0.243 e. The minimum Gasteiger partial charge on any atom is -0.399 e. The van der Waals surface area contributed by atoms with Crippen LogP contribution in [0.2, 0.25) is 0 Å². The molecule has 0 aliphatic heterocycles. The highest BCUT2D eigenvalue weighted by Gasteiger charge is 2.35. The average Bonchev–Trinajstić information content (AvgIpc) is 3.20. The van der Waals surface area contributed by atoms with E-state index < -0.39 is 0 Å². The number of para-hydroxylation sites is 2. The molecule has 1 aromatic heterocycles. The van der Waals surface area contributed by atoms with Gasteiger partial charge in [-0.1, -0.05) is 50.7 Å². The number of nitrogens with zero attached hydrogens (tertiary/aromatic N) is 2. The summed E-state index contributed by atoms with van der Waals surface area (Å²) < 4.78 is 2.23. The molecule has 2 fully saturated rings. The normalized spacial score (nSPS) is 19.1. The summed E-state index contributed by atoms with van der Waals surface area (Å²) in [5.74, 6) is 1.36. The number of benzene rings is 2. The van der Waals surface area contributed by atoms with E-state index >= 15 is 0 Å². The molecule has 2 aromatic carbocycles. The lowest BCUT2D eigenvalue weighted by Gasteiger charge is -2.33. The van der Waals surface area contributed by atoms with E-state index in [9.17, 15) is 4.79 Å². The van der Waals surface area contributed by atoms with Crippen molar-refractivity contribution in [3.8, 4) is 11.4 Å². The van der Waals surface area contributed by atoms with Crippen LogP contribution in [0.3, 0.4) is 0 Å². The fraction of sp³-hybridized carbons (Fsp3) is 0.481. The molecule has 1 unspecified atom stereocenters. The summed E-state index contributed by atoms with van der Waals surface area (Å²) in [4.78, 5) is 18.9. The van der Waals surface area contributed by atoms with E-state index in [1.54, 1.807) is 0 Å². The zero-order valence-corrected chi connectivity index (χ0v) is 18.8. The zero-order chi connectivity index (χ0) is 21.9. The Morgan fingerprint density at radius 1 is 0.906 bits per heavy atom. The van der Waals surface area contributed by atoms with Crippen molar-refractivity contribution in [3.63, 3.8) is 0 Å². The molecule has 5 rings (SSSR count). The van der Waals surface area contributed by atoms with Crippen LogP contribution in [0.5, 0.6) is 0 Å². The third kappa shape index (κ3) is 4.25. The Balaban J connectivity index is 1.60. The van der Waals surface area contributed by atoms with E-state index in [1.807, 2.05) is 42.5 Å². The molecule has 5 nitrogen and oxygen atoms in total. The largest absolute Gasteiger partial charge is 0.399 e. The van der Waals surface area contributed by atoms with Gasteiger partial charge < -0.3 is 15.6 Å². The quantitative estimate of drug-likeness (QED) is 0.498. The van der Waals surface area contributed by atoms with Crippen molar-refractivity contribution in [1.29, 1.82) is 0 Å². The summed E-state index contributed by atoms with van der Waals surface area (Å²) in [6.07, 6.45) is 11.7. The summed E-state index contributed by atoms with van der Waals surface area (Å²) >= 11 is 0. The highest BCUT2D eigenvalue weighted by Crippen LogP contribution is 2.38. The molecule has 0 spiro atoms. The maximum atomic E-state index is 13.9. The van der Waals surface area contributed by atoms with E-state index in [4.69, 9.17) is 10.7 Å². The maximum Gasteiger partial charge on any atom is 0.243 e. The molecule has 1 atom stereocenters. The Kier molecular flexibility index (Phi) is 6.15. The van der Waals surface area contributed by atoms with Gasteiger partial charge in [-0.15, -0.1) is 0 Å². The first-order valence-corrected chi connectivity index (χ1v) is 12.3. The van der Waals surface area contributed by atoms with Crippen LogP contribution in [0.4, 0.5) is 5.69 Å². The topological polar surface area (TPSA) is 72.9 Å². The van der Waals surface area contributed by atoms with Crippen molar-refractivity contribution in [2.24, 2.45) is 5.92 Å². The second kappa shape index (κ2) is 9.35. The Hall–Kier alpha value is -2.82. The molecule has 0 saturated heterocycles. The highest BCUT2D eigenvalue weighted by molar-refractivity contribution is 5.87. The Bertz CT molecular complexity index is 1060. The van der Waals surface area contributed by atoms with Crippen LogP contribution < -0.4 is 11.1 Å². The number of nitrogens with one attached hydrogen (secondary N) is 1. The van der Waals surface area contributed by atoms with Gasteiger partial charge in [0.25, 0.3) is 0 Å². The molecule has 32 heavy (non-hydrogen) atoms. The Morgan fingerprint density at radius 3 is 2.28 bits per heavy atom. The number of aromatic nitrogens is 2. The minimum absolute atomic E-state index is 0.170. The predicted octanol–water partition coefficient (Wildman–Crippen LogP) is 5.86. The number of anilines is 1. The van der Waals surface area contributed by atoms with Crippen LogP contribution in [0.1, 0.15) is 70.3 Å². The van der Waals surface area contributed by atoms with E-state index in [1.165, 1.54) is 38.5 Å². The summed E-state index contributed by atoms with van der Waals surface area (Å²) in [7, 11) is 0. The average molecular weight is 431 g/mol. The van der Waals surface area contributed by atoms with Crippen molar-refractivity contribution in [2.45, 2.75) is 76.3 Å². The molecule has 1 amide bonds. The number of hydrogen-bond donors (Lipinski definition) is 2. The maximum absolute atomic E-state index is 13.9. The molecule has 2 aliphatic carbocycles. The fourth-order valence-electron chi connectivity index (χ4n) is 5.69. The van der Waals surface area contributed by atoms with Crippen molar-refractivity contribution >= 4 is 22.6 Å². The molecule has 0 radical (unpaired) electrons. The Labute approximate surface area is 190 Å². The fourth-order valence-corrected chi connectivity index (χ4v) is 5.69. The number of nitrogens with two attached hydrogens (primary N) is 1. The lowest BCUT2D eigenvalue weighted by molar-refractivity contribution is -0.127. The van der Waals surface area contributed by atoms with Gasteiger partial charge in [0.15, 0.2) is 0 Å². The highest BCUT2D eigenvalue weighted by atomic mass is 16.2. The molecular formula is C27H34N4O. The van der Waals surface area contributed by atoms with Gasteiger partial charge in [-0.25, -0.2) is 4.98 Å². The van der Waals surface area contributed by atoms with Gasteiger partial charge in [-0.2, -0.15) is 0 Å². The number of rotatable bonds is 5. The third-order valence-electron chi connectivity index (χ3n) is 7.36. The SMILES string of the molecule is Nc1ccc(-c2nc3ccccc3n2C(C(=O)NC2CCCCC2)C2CCCCC2)cc1. The molecule has 3 N–H and O–H groups in total. The molecule has 2 saturated carbocycles. The molecule has 1 heterocycles. The van der Waals surface area contributed by atoms with Gasteiger partial charge in [0.2, 0.25) is 5.91 Å². The van der Waals surface area contributed by atoms with Crippen LogP contribution in [0.15, 0.2) is 48.5 Å². The monoisotopic (exact) mass is 430 g/mol. The van der Waals surface area contributed by atoms with Crippen LogP contribution in [-0.2, 0) is 4.79 Å². The number of nitrogen functional groups attached to an aromatic ring is 1. The van der Waals surface area contributed by atoms with E-state index in [0.717, 1.165) is 53.8 Å².